The molecular weight excluding hydrogens is 434 g/mol. The summed E-state index contributed by atoms with van der Waals surface area (Å²) in [6.45, 7) is 2.38. The van der Waals surface area contributed by atoms with Crippen LogP contribution in [-0.4, -0.2) is 4.75 Å². The Balaban J connectivity index is 1.44. The first-order valence-corrected chi connectivity index (χ1v) is 12.5. The molecule has 2 unspecified atom stereocenters. The van der Waals surface area contributed by atoms with Gasteiger partial charge < -0.3 is 9.73 Å². The summed E-state index contributed by atoms with van der Waals surface area (Å²) in [5, 5.41) is 5.94. The lowest BCUT2D eigenvalue weighted by atomic mass is 9.76. The monoisotopic (exact) mass is 457 g/mol. The summed E-state index contributed by atoms with van der Waals surface area (Å²) in [4.78, 5) is 1.35. The maximum Gasteiger partial charge on any atom is 0.139 e. The molecule has 0 fully saturated rings. The summed E-state index contributed by atoms with van der Waals surface area (Å²) >= 11 is 1.97. The standard InChI is InChI=1S/C31H23NOS/c1-31-26(23-13-6-8-17-29(23)34-31)14-9-15-27(31)25-19-21(32-20-10-3-2-4-11-20)18-24-22-12-5-7-16-28(22)33-30(24)25/h2-19,27,32H,1H3. The van der Waals surface area contributed by atoms with E-state index >= 15 is 0 Å². The van der Waals surface area contributed by atoms with Crippen molar-refractivity contribution in [1.29, 1.82) is 0 Å². The van der Waals surface area contributed by atoms with Crippen LogP contribution in [0.2, 0.25) is 0 Å². The molecule has 1 aliphatic carbocycles. The fourth-order valence-electron chi connectivity index (χ4n) is 5.51. The molecule has 34 heavy (non-hydrogen) atoms. The van der Waals surface area contributed by atoms with Gasteiger partial charge in [0.05, 0.1) is 4.75 Å². The fourth-order valence-corrected chi connectivity index (χ4v) is 7.02. The van der Waals surface area contributed by atoms with Crippen molar-refractivity contribution in [2.45, 2.75) is 22.5 Å². The van der Waals surface area contributed by atoms with Gasteiger partial charge in [0.1, 0.15) is 11.2 Å². The predicted octanol–water partition coefficient (Wildman–Crippen LogP) is 8.93. The van der Waals surface area contributed by atoms with Crippen LogP contribution >= 0.6 is 11.8 Å². The lowest BCUT2D eigenvalue weighted by molar-refractivity contribution is 0.644. The normalized spacial score (nSPS) is 20.9. The minimum absolute atomic E-state index is 0.101. The highest BCUT2D eigenvalue weighted by atomic mass is 32.2. The zero-order valence-corrected chi connectivity index (χ0v) is 19.6. The van der Waals surface area contributed by atoms with Crippen LogP contribution in [0.1, 0.15) is 24.0 Å². The van der Waals surface area contributed by atoms with Crippen LogP contribution in [0.3, 0.4) is 0 Å². The third-order valence-corrected chi connectivity index (χ3v) is 8.57. The number of hydrogen-bond acceptors (Lipinski definition) is 3. The summed E-state index contributed by atoms with van der Waals surface area (Å²) < 4.78 is 6.42. The first-order chi connectivity index (χ1) is 16.7. The van der Waals surface area contributed by atoms with Crippen molar-refractivity contribution >= 4 is 50.6 Å². The molecule has 0 saturated heterocycles. The van der Waals surface area contributed by atoms with E-state index in [0.717, 1.165) is 33.3 Å². The van der Waals surface area contributed by atoms with Gasteiger partial charge in [-0.25, -0.2) is 0 Å². The largest absolute Gasteiger partial charge is 0.456 e. The Kier molecular flexibility index (Phi) is 4.30. The van der Waals surface area contributed by atoms with Gasteiger partial charge in [0.25, 0.3) is 0 Å². The van der Waals surface area contributed by atoms with Crippen LogP contribution in [0.25, 0.3) is 27.5 Å². The first-order valence-electron chi connectivity index (χ1n) is 11.7. The van der Waals surface area contributed by atoms with Crippen LogP contribution in [0, 0.1) is 0 Å². The fraction of sp³-hybridized carbons (Fsp3) is 0.0968. The molecule has 0 saturated carbocycles. The average Bonchev–Trinajstić information content (AvgIpc) is 3.39. The quantitative estimate of drug-likeness (QED) is 0.293. The van der Waals surface area contributed by atoms with Gasteiger partial charge in [-0.2, -0.15) is 0 Å². The molecule has 2 aliphatic rings. The Bertz CT molecular complexity index is 1630. The molecule has 4 aromatic carbocycles. The Hall–Kier alpha value is -3.69. The molecule has 0 bridgehead atoms. The molecular formula is C31H23NOS. The van der Waals surface area contributed by atoms with Gasteiger partial charge in [-0.1, -0.05) is 72.8 Å². The molecule has 1 aliphatic heterocycles. The molecule has 164 valence electrons. The lowest BCUT2D eigenvalue weighted by Gasteiger charge is -2.35. The molecule has 0 amide bonds. The van der Waals surface area contributed by atoms with Gasteiger partial charge in [-0.05, 0) is 54.5 Å². The predicted molar refractivity (Wildman–Crippen MR) is 144 cm³/mol. The van der Waals surface area contributed by atoms with Gasteiger partial charge >= 0.3 is 0 Å². The van der Waals surface area contributed by atoms with Crippen molar-refractivity contribution in [3.05, 3.63) is 120 Å². The minimum atomic E-state index is -0.101. The molecule has 3 heteroatoms. The van der Waals surface area contributed by atoms with E-state index in [2.05, 4.69) is 109 Å². The Morgan fingerprint density at radius 1 is 0.824 bits per heavy atom. The van der Waals surface area contributed by atoms with Crippen molar-refractivity contribution in [3.63, 3.8) is 0 Å². The lowest BCUT2D eigenvalue weighted by Crippen LogP contribution is -2.28. The maximum absolute atomic E-state index is 6.52. The first kappa shape index (κ1) is 19.7. The van der Waals surface area contributed by atoms with Crippen molar-refractivity contribution in [3.8, 4) is 0 Å². The van der Waals surface area contributed by atoms with Gasteiger partial charge in [-0.3, -0.25) is 0 Å². The zero-order chi connectivity index (χ0) is 22.7. The third-order valence-electron chi connectivity index (χ3n) is 7.10. The van der Waals surface area contributed by atoms with E-state index in [0.29, 0.717) is 0 Å². The number of benzene rings is 4. The average molecular weight is 458 g/mol. The zero-order valence-electron chi connectivity index (χ0n) is 18.8. The molecule has 0 spiro atoms. The Morgan fingerprint density at radius 3 is 2.53 bits per heavy atom. The Morgan fingerprint density at radius 2 is 1.62 bits per heavy atom. The summed E-state index contributed by atoms with van der Waals surface area (Å²) in [6, 6.07) is 32.0. The number of rotatable bonds is 3. The maximum atomic E-state index is 6.52. The number of fused-ring (bicyclic) bond motifs is 6. The third kappa shape index (κ3) is 2.90. The topological polar surface area (TPSA) is 25.2 Å². The molecule has 7 rings (SSSR count). The summed E-state index contributed by atoms with van der Waals surface area (Å²) in [5.74, 6) is 0.172. The highest BCUT2D eigenvalue weighted by Gasteiger charge is 2.46. The molecule has 2 heterocycles. The second-order valence-electron chi connectivity index (χ2n) is 9.18. The number of para-hydroxylation sites is 2. The SMILES string of the molecule is CC12Sc3ccccc3C1=CC=CC2c1cc(Nc2ccccc2)cc2c1oc1ccccc12. The number of hydrogen-bond donors (Lipinski definition) is 1. The van der Waals surface area contributed by atoms with E-state index in [-0.39, 0.29) is 10.7 Å². The molecule has 1 N–H and O–H groups in total. The van der Waals surface area contributed by atoms with Crippen molar-refractivity contribution < 1.29 is 4.42 Å². The van der Waals surface area contributed by atoms with Crippen molar-refractivity contribution in [2.24, 2.45) is 0 Å². The summed E-state index contributed by atoms with van der Waals surface area (Å²) in [7, 11) is 0. The second kappa shape index (κ2) is 7.41. The molecule has 1 aromatic heterocycles. The van der Waals surface area contributed by atoms with Crippen LogP contribution in [0.4, 0.5) is 11.4 Å². The van der Waals surface area contributed by atoms with Crippen LogP contribution in [0.5, 0.6) is 0 Å². The van der Waals surface area contributed by atoms with E-state index in [1.54, 1.807) is 0 Å². The van der Waals surface area contributed by atoms with Gasteiger partial charge in [-0.15, -0.1) is 11.8 Å². The van der Waals surface area contributed by atoms with Gasteiger partial charge in [0.2, 0.25) is 0 Å². The van der Waals surface area contributed by atoms with Gasteiger partial charge in [0, 0.05) is 38.5 Å². The number of furan rings is 1. The van der Waals surface area contributed by atoms with Gasteiger partial charge in [0.15, 0.2) is 0 Å². The molecule has 2 nitrogen and oxygen atoms in total. The smallest absolute Gasteiger partial charge is 0.139 e. The molecule has 2 atom stereocenters. The highest BCUT2D eigenvalue weighted by Crippen LogP contribution is 2.61. The van der Waals surface area contributed by atoms with E-state index in [1.165, 1.54) is 21.6 Å². The van der Waals surface area contributed by atoms with Crippen LogP contribution in [0.15, 0.2) is 119 Å². The van der Waals surface area contributed by atoms with Crippen LogP contribution in [-0.2, 0) is 0 Å². The van der Waals surface area contributed by atoms with Crippen LogP contribution < -0.4 is 5.32 Å². The Labute approximate surface area is 203 Å². The minimum Gasteiger partial charge on any atom is -0.456 e. The molecule has 0 radical (unpaired) electrons. The number of nitrogens with one attached hydrogen (secondary N) is 1. The number of allylic oxidation sites excluding steroid dienone is 3. The highest BCUT2D eigenvalue weighted by molar-refractivity contribution is 8.01. The molecule has 5 aromatic rings. The number of anilines is 2. The van der Waals surface area contributed by atoms with E-state index in [9.17, 15) is 0 Å². The van der Waals surface area contributed by atoms with Crippen molar-refractivity contribution in [1.82, 2.24) is 0 Å². The summed E-state index contributed by atoms with van der Waals surface area (Å²) in [6.07, 6.45) is 6.85. The van der Waals surface area contributed by atoms with E-state index < -0.39 is 0 Å². The van der Waals surface area contributed by atoms with E-state index in [4.69, 9.17) is 4.42 Å². The number of thioether (sulfide) groups is 1. The van der Waals surface area contributed by atoms with Crippen molar-refractivity contribution in [2.75, 3.05) is 5.32 Å². The van der Waals surface area contributed by atoms with E-state index in [1.807, 2.05) is 23.9 Å². The summed E-state index contributed by atoms with van der Waals surface area (Å²) in [5.41, 5.74) is 8.03. The second-order valence-corrected chi connectivity index (χ2v) is 10.7.